The number of nitrogens with one attached hydrogen (secondary N) is 2. The molecule has 7 atom stereocenters. The Morgan fingerprint density at radius 3 is 2.26 bits per heavy atom. The highest BCUT2D eigenvalue weighted by molar-refractivity contribution is 7.91. The van der Waals surface area contributed by atoms with Crippen molar-refractivity contribution in [3.63, 3.8) is 0 Å². The van der Waals surface area contributed by atoms with Crippen LogP contribution in [-0.4, -0.2) is 98.2 Å². The zero-order chi connectivity index (χ0) is 31.6. The maximum absolute atomic E-state index is 12.9. The van der Waals surface area contributed by atoms with Crippen molar-refractivity contribution in [1.29, 1.82) is 0 Å². The van der Waals surface area contributed by atoms with Crippen molar-refractivity contribution in [2.75, 3.05) is 19.0 Å². The zero-order valence-corrected chi connectivity index (χ0v) is 24.9. The first-order chi connectivity index (χ1) is 20.4. The van der Waals surface area contributed by atoms with Crippen LogP contribution >= 0.6 is 0 Å². The molecule has 14 heteroatoms. The molecule has 2 aromatic rings. The Bertz CT molecular complexity index is 1310. The molecule has 1 fully saturated rings. The molecule has 1 aliphatic rings. The number of sulfone groups is 1. The molecule has 0 spiro atoms. The van der Waals surface area contributed by atoms with Gasteiger partial charge in [0, 0.05) is 6.92 Å². The van der Waals surface area contributed by atoms with Gasteiger partial charge < -0.3 is 39.8 Å². The Morgan fingerprint density at radius 1 is 1.02 bits per heavy atom. The summed E-state index contributed by atoms with van der Waals surface area (Å²) >= 11 is 0. The van der Waals surface area contributed by atoms with E-state index in [4.69, 9.17) is 18.9 Å². The van der Waals surface area contributed by atoms with Gasteiger partial charge in [-0.05, 0) is 31.5 Å². The Labute approximate surface area is 250 Å². The standard InChI is InChI=1S/C29H38N2O11S/c1-18(28(36)39-14-15-43(37,38)22-12-8-5-9-13-22)30-27(35)19(2)41-26-24(31-20(3)33)29(42-23(16-32)25(26)34)40-17-21-10-6-4-7-11-21/h4-13,18-19,23-26,29,32,34H,14-17H2,1-3H3,(H,30,35)(H,31,33)/t18-,19+,23+,24+,25+,26+,29-/m0/s1. The third kappa shape index (κ3) is 9.81. The van der Waals surface area contributed by atoms with Crippen LogP contribution in [0, 0.1) is 0 Å². The molecule has 4 N–H and O–H groups in total. The van der Waals surface area contributed by atoms with Gasteiger partial charge in [-0.25, -0.2) is 13.2 Å². The quantitative estimate of drug-likeness (QED) is 0.209. The number of esters is 1. The van der Waals surface area contributed by atoms with Crippen molar-refractivity contribution >= 4 is 27.6 Å². The number of benzene rings is 2. The third-order valence-corrected chi connectivity index (χ3v) is 8.32. The molecular weight excluding hydrogens is 584 g/mol. The van der Waals surface area contributed by atoms with Crippen molar-refractivity contribution in [2.45, 2.75) is 75.1 Å². The number of aliphatic hydroxyl groups excluding tert-OH is 2. The molecule has 0 saturated carbocycles. The third-order valence-electron chi connectivity index (χ3n) is 6.62. The van der Waals surface area contributed by atoms with E-state index in [1.165, 1.54) is 32.9 Å². The lowest BCUT2D eigenvalue weighted by Crippen LogP contribution is -2.66. The van der Waals surface area contributed by atoms with Crippen molar-refractivity contribution in [2.24, 2.45) is 0 Å². The first kappa shape index (κ1) is 34.1. The van der Waals surface area contributed by atoms with Crippen LogP contribution in [-0.2, 0) is 49.8 Å². The fraction of sp³-hybridized carbons (Fsp3) is 0.483. The van der Waals surface area contributed by atoms with Gasteiger partial charge in [0.1, 0.15) is 43.1 Å². The second-order valence-corrected chi connectivity index (χ2v) is 12.1. The van der Waals surface area contributed by atoms with E-state index in [-0.39, 0.29) is 11.5 Å². The lowest BCUT2D eigenvalue weighted by molar-refractivity contribution is -0.283. The van der Waals surface area contributed by atoms with Crippen LogP contribution < -0.4 is 10.6 Å². The number of aliphatic hydroxyl groups is 2. The molecule has 0 aliphatic carbocycles. The Balaban J connectivity index is 1.60. The van der Waals surface area contributed by atoms with Gasteiger partial charge in [0.15, 0.2) is 16.1 Å². The fourth-order valence-electron chi connectivity index (χ4n) is 4.32. The molecule has 0 unspecified atom stereocenters. The second-order valence-electron chi connectivity index (χ2n) is 10.0. The van der Waals surface area contributed by atoms with Gasteiger partial charge in [0.2, 0.25) is 11.8 Å². The first-order valence-corrected chi connectivity index (χ1v) is 15.4. The van der Waals surface area contributed by atoms with Gasteiger partial charge in [-0.3, -0.25) is 9.59 Å². The van der Waals surface area contributed by atoms with Crippen LogP contribution in [0.2, 0.25) is 0 Å². The fourth-order valence-corrected chi connectivity index (χ4v) is 5.43. The molecule has 43 heavy (non-hydrogen) atoms. The number of hydrogen-bond donors (Lipinski definition) is 4. The van der Waals surface area contributed by atoms with Crippen LogP contribution in [0.25, 0.3) is 0 Å². The SMILES string of the molecule is CC(=O)N[C@H]1[C@@H](OCc2ccccc2)O[C@H](CO)[C@@H](O)[C@@H]1O[C@H](C)C(=O)N[C@@H](C)C(=O)OCCS(=O)(=O)c1ccccc1. The van der Waals surface area contributed by atoms with Crippen molar-refractivity contribution in [3.8, 4) is 0 Å². The Hall–Kier alpha value is -3.40. The summed E-state index contributed by atoms with van der Waals surface area (Å²) in [5.41, 5.74) is 0.808. The van der Waals surface area contributed by atoms with Gasteiger partial charge >= 0.3 is 5.97 Å². The lowest BCUT2D eigenvalue weighted by atomic mass is 9.96. The molecule has 2 aromatic carbocycles. The molecule has 13 nitrogen and oxygen atoms in total. The number of ether oxygens (including phenoxy) is 4. The van der Waals surface area contributed by atoms with Crippen molar-refractivity contribution in [3.05, 3.63) is 66.2 Å². The molecule has 0 aromatic heterocycles. The highest BCUT2D eigenvalue weighted by atomic mass is 32.2. The van der Waals surface area contributed by atoms with E-state index < -0.39 is 89.4 Å². The van der Waals surface area contributed by atoms with E-state index >= 15 is 0 Å². The molecular formula is C29H38N2O11S. The number of amides is 2. The average Bonchev–Trinajstić information content (AvgIpc) is 2.99. The number of hydrogen-bond acceptors (Lipinski definition) is 11. The predicted octanol–water partition coefficient (Wildman–Crippen LogP) is 0.0815. The summed E-state index contributed by atoms with van der Waals surface area (Å²) in [7, 11) is -3.66. The molecule has 0 radical (unpaired) electrons. The summed E-state index contributed by atoms with van der Waals surface area (Å²) in [6.07, 6.45) is -6.25. The predicted molar refractivity (Wildman–Crippen MR) is 152 cm³/mol. The maximum atomic E-state index is 12.9. The van der Waals surface area contributed by atoms with Crippen molar-refractivity contribution < 1.29 is 52.0 Å². The highest BCUT2D eigenvalue weighted by Crippen LogP contribution is 2.26. The lowest BCUT2D eigenvalue weighted by Gasteiger charge is -2.44. The summed E-state index contributed by atoms with van der Waals surface area (Å²) in [5.74, 6) is -2.52. The van der Waals surface area contributed by atoms with Gasteiger partial charge in [-0.1, -0.05) is 48.5 Å². The van der Waals surface area contributed by atoms with E-state index in [0.29, 0.717) is 0 Å². The smallest absolute Gasteiger partial charge is 0.328 e. The van der Waals surface area contributed by atoms with Gasteiger partial charge in [0.25, 0.3) is 0 Å². The maximum Gasteiger partial charge on any atom is 0.328 e. The van der Waals surface area contributed by atoms with E-state index in [1.54, 1.807) is 18.2 Å². The monoisotopic (exact) mass is 622 g/mol. The molecule has 0 bridgehead atoms. The summed E-state index contributed by atoms with van der Waals surface area (Å²) in [6, 6.07) is 14.6. The van der Waals surface area contributed by atoms with E-state index in [9.17, 15) is 33.0 Å². The Morgan fingerprint density at radius 2 is 1.65 bits per heavy atom. The minimum atomic E-state index is -3.66. The summed E-state index contributed by atoms with van der Waals surface area (Å²) in [5, 5.41) is 25.8. The minimum absolute atomic E-state index is 0.0882. The van der Waals surface area contributed by atoms with Crippen LogP contribution in [0.3, 0.4) is 0 Å². The van der Waals surface area contributed by atoms with Gasteiger partial charge in [-0.2, -0.15) is 0 Å². The van der Waals surface area contributed by atoms with E-state index in [1.807, 2.05) is 30.3 Å². The molecule has 1 aliphatic heterocycles. The number of carbonyl (C=O) groups is 3. The summed E-state index contributed by atoms with van der Waals surface area (Å²) in [4.78, 5) is 37.5. The average molecular weight is 623 g/mol. The van der Waals surface area contributed by atoms with Crippen LogP contribution in [0.1, 0.15) is 26.3 Å². The molecule has 1 saturated heterocycles. The van der Waals surface area contributed by atoms with Crippen molar-refractivity contribution in [1.82, 2.24) is 10.6 Å². The van der Waals surface area contributed by atoms with E-state index in [2.05, 4.69) is 10.6 Å². The highest BCUT2D eigenvalue weighted by Gasteiger charge is 2.48. The second kappa shape index (κ2) is 15.9. The Kier molecular flexibility index (Phi) is 12.6. The summed E-state index contributed by atoms with van der Waals surface area (Å²) in [6.45, 7) is 3.07. The van der Waals surface area contributed by atoms with Crippen LogP contribution in [0.5, 0.6) is 0 Å². The van der Waals surface area contributed by atoms with Crippen LogP contribution in [0.15, 0.2) is 65.6 Å². The van der Waals surface area contributed by atoms with Gasteiger partial charge in [0.05, 0.1) is 23.9 Å². The molecule has 3 rings (SSSR count). The first-order valence-electron chi connectivity index (χ1n) is 13.7. The zero-order valence-electron chi connectivity index (χ0n) is 24.1. The molecule has 1 heterocycles. The van der Waals surface area contributed by atoms with E-state index in [0.717, 1.165) is 5.56 Å². The molecule has 236 valence electrons. The molecule has 2 amide bonds. The normalized spacial score (nSPS) is 23.5. The minimum Gasteiger partial charge on any atom is -0.463 e. The number of rotatable bonds is 14. The largest absolute Gasteiger partial charge is 0.463 e. The summed E-state index contributed by atoms with van der Waals surface area (Å²) < 4.78 is 47.3. The van der Waals surface area contributed by atoms with Crippen LogP contribution in [0.4, 0.5) is 0 Å². The van der Waals surface area contributed by atoms with Gasteiger partial charge in [-0.15, -0.1) is 0 Å². The number of carbonyl (C=O) groups excluding carboxylic acids is 3. The topological polar surface area (TPSA) is 187 Å².